The highest BCUT2D eigenvalue weighted by Crippen LogP contribution is 2.55. The molecule has 4 amide bonds. The molecule has 0 bridgehead atoms. The van der Waals surface area contributed by atoms with Crippen molar-refractivity contribution in [2.45, 2.75) is 140 Å². The van der Waals surface area contributed by atoms with Crippen LogP contribution in [0.3, 0.4) is 0 Å². The summed E-state index contributed by atoms with van der Waals surface area (Å²) in [4.78, 5) is 74.6. The zero-order valence-electron chi connectivity index (χ0n) is 38.9. The second-order valence-corrected chi connectivity index (χ2v) is 20.3. The minimum absolute atomic E-state index is 0.0182. The van der Waals surface area contributed by atoms with Gasteiger partial charge >= 0.3 is 12.2 Å². The Morgan fingerprint density at radius 3 is 1.52 bits per heavy atom. The van der Waals surface area contributed by atoms with Crippen LogP contribution in [-0.2, 0) is 28.5 Å². The summed E-state index contributed by atoms with van der Waals surface area (Å²) in [7, 11) is 2.63. The van der Waals surface area contributed by atoms with Crippen LogP contribution in [0.15, 0.2) is 54.7 Å². The first-order valence-electron chi connectivity index (χ1n) is 23.9. The van der Waals surface area contributed by atoms with Crippen LogP contribution in [0.2, 0.25) is 5.15 Å². The molecule has 4 saturated heterocycles. The average Bonchev–Trinajstić information content (AvgIpc) is 3.96. The van der Waals surface area contributed by atoms with Crippen LogP contribution in [0.5, 0.6) is 0 Å². The summed E-state index contributed by atoms with van der Waals surface area (Å²) in [5.41, 5.74) is 5.22. The molecule has 67 heavy (non-hydrogen) atoms. The molecule has 6 fully saturated rings. The quantitative estimate of drug-likeness (QED) is 0.115. The molecule has 2 aliphatic carbocycles. The number of rotatable bonds is 11. The number of amides is 4. The lowest BCUT2D eigenvalue weighted by Crippen LogP contribution is -2.55. The van der Waals surface area contributed by atoms with Gasteiger partial charge in [0.25, 0.3) is 0 Å². The SMILES string of the molecule is COC(=O)NC(C(=O)N1[C@@H]2C[C@@H]2C[C@H]1c1nc(-c2ccc(-c3ccc(-c4nc([C@@H]5C[C@H]6C[C@H]6N5C(=O)C(NC(=O)OC)[C@H]5C[C@@H](C)O[C@@H](C)C5)[nH]c4Cl)cc3)cc2)c[nH]1)[C@H]1C[C@@H](C)O[C@@H](C)C1. The summed E-state index contributed by atoms with van der Waals surface area (Å²) >= 11 is 6.86. The van der Waals surface area contributed by atoms with Gasteiger partial charge in [-0.1, -0.05) is 60.1 Å². The van der Waals surface area contributed by atoms with Crippen molar-refractivity contribution in [1.82, 2.24) is 40.4 Å². The Morgan fingerprint density at radius 1 is 0.627 bits per heavy atom. The molecule has 10 rings (SSSR count). The summed E-state index contributed by atoms with van der Waals surface area (Å²) < 4.78 is 21.9. The number of nitrogens with one attached hydrogen (secondary N) is 4. The van der Waals surface area contributed by atoms with E-state index in [4.69, 9.17) is 40.5 Å². The monoisotopic (exact) mass is 936 g/mol. The highest BCUT2D eigenvalue weighted by atomic mass is 35.5. The van der Waals surface area contributed by atoms with Gasteiger partial charge in [0.05, 0.1) is 56.4 Å². The Balaban J connectivity index is 0.819. The first kappa shape index (κ1) is 45.3. The largest absolute Gasteiger partial charge is 0.453 e. The van der Waals surface area contributed by atoms with E-state index in [1.807, 2.05) is 80.1 Å². The average molecular weight is 938 g/mol. The molecule has 2 aromatic heterocycles. The fourth-order valence-electron chi connectivity index (χ4n) is 12.0. The number of ether oxygens (including phenoxy) is 4. The minimum atomic E-state index is -0.745. The molecule has 356 valence electrons. The molecular weight excluding hydrogens is 876 g/mol. The predicted octanol–water partition coefficient (Wildman–Crippen LogP) is 7.97. The number of methoxy groups -OCH3 is 2. The third-order valence-corrected chi connectivity index (χ3v) is 15.4. The number of piperidine rings is 2. The van der Waals surface area contributed by atoms with E-state index >= 15 is 0 Å². The van der Waals surface area contributed by atoms with Crippen LogP contribution in [0.1, 0.15) is 103 Å². The van der Waals surface area contributed by atoms with Crippen molar-refractivity contribution < 1.29 is 38.1 Å². The van der Waals surface area contributed by atoms with Crippen LogP contribution in [-0.4, -0.2) is 117 Å². The van der Waals surface area contributed by atoms with Crippen molar-refractivity contribution in [1.29, 1.82) is 0 Å². The van der Waals surface area contributed by atoms with Gasteiger partial charge in [0.15, 0.2) is 0 Å². The number of hydrogen-bond donors (Lipinski definition) is 4. The third kappa shape index (κ3) is 9.04. The molecule has 0 spiro atoms. The minimum Gasteiger partial charge on any atom is -0.453 e. The lowest BCUT2D eigenvalue weighted by Gasteiger charge is -2.38. The first-order valence-corrected chi connectivity index (χ1v) is 24.3. The van der Waals surface area contributed by atoms with E-state index in [1.165, 1.54) is 14.2 Å². The number of fused-ring (bicyclic) bond motifs is 2. The maximum absolute atomic E-state index is 14.5. The van der Waals surface area contributed by atoms with Crippen molar-refractivity contribution >= 4 is 35.6 Å². The number of likely N-dealkylation sites (tertiary alicyclic amines) is 2. The smallest absolute Gasteiger partial charge is 0.407 e. The standard InChI is InChI=1S/C50H61ClN8O8/c1-24-15-34(16-25(2)66-24)42(55-49(62)64-5)47(60)58-37-19-32(37)21-39(58)45-52-23-36(53-45)30-11-7-28(8-12-30)29-9-13-31(14-10-29)41-44(51)57-46(54-41)40-22-33-20-38(33)59(40)48(61)43(56-50(63)65-6)35-17-26(3)67-27(4)18-35/h7-14,23-27,32-35,37-40,42-43H,15-22H2,1-6H3,(H,52,53)(H,54,57)(H,55,62)(H,56,63)/t24-,25+,26-,27+,32-,33-,34+,35+,37-,38-,39+,40+,42?,43?/m1/s1. The number of carbonyl (C=O) groups is 4. The molecule has 14 atom stereocenters. The number of benzene rings is 2. The highest BCUT2D eigenvalue weighted by Gasteiger charge is 2.58. The van der Waals surface area contributed by atoms with Crippen LogP contribution in [0.4, 0.5) is 9.59 Å². The number of aromatic nitrogens is 4. The van der Waals surface area contributed by atoms with Gasteiger partial charge in [-0.25, -0.2) is 19.6 Å². The molecule has 6 heterocycles. The topological polar surface area (TPSA) is 193 Å². The third-order valence-electron chi connectivity index (χ3n) is 15.2. The van der Waals surface area contributed by atoms with Crippen molar-refractivity contribution in [3.8, 4) is 33.6 Å². The molecule has 4 N–H and O–H groups in total. The van der Waals surface area contributed by atoms with Gasteiger partial charge in [-0.3, -0.25) is 9.59 Å². The second-order valence-electron chi connectivity index (χ2n) is 19.9. The van der Waals surface area contributed by atoms with Crippen LogP contribution in [0, 0.1) is 23.7 Å². The van der Waals surface area contributed by atoms with E-state index in [-0.39, 0.29) is 72.2 Å². The molecule has 16 nitrogen and oxygen atoms in total. The van der Waals surface area contributed by atoms with Crippen molar-refractivity contribution in [3.05, 3.63) is 71.5 Å². The number of alkyl carbamates (subject to hydrolysis) is 2. The van der Waals surface area contributed by atoms with Gasteiger partial charge in [-0.2, -0.15) is 0 Å². The first-order chi connectivity index (χ1) is 32.3. The summed E-state index contributed by atoms with van der Waals surface area (Å²) in [5.74, 6) is 1.78. The normalized spacial score (nSPS) is 31.6. The van der Waals surface area contributed by atoms with E-state index in [2.05, 4.69) is 32.7 Å². The molecule has 6 aliphatic rings. The van der Waals surface area contributed by atoms with Crippen LogP contribution < -0.4 is 10.6 Å². The maximum Gasteiger partial charge on any atom is 0.407 e. The molecule has 17 heteroatoms. The summed E-state index contributed by atoms with van der Waals surface area (Å²) in [5, 5.41) is 6.17. The van der Waals surface area contributed by atoms with Crippen molar-refractivity contribution in [2.75, 3.05) is 14.2 Å². The zero-order chi connectivity index (χ0) is 46.8. The zero-order valence-corrected chi connectivity index (χ0v) is 39.6. The van der Waals surface area contributed by atoms with E-state index in [9.17, 15) is 19.2 Å². The Hall–Kier alpha value is -5.45. The van der Waals surface area contributed by atoms with E-state index < -0.39 is 24.3 Å². The second kappa shape index (κ2) is 18.2. The van der Waals surface area contributed by atoms with Crippen LogP contribution >= 0.6 is 11.6 Å². The number of halogens is 1. The lowest BCUT2D eigenvalue weighted by atomic mass is 9.85. The number of nitrogens with zero attached hydrogens (tertiary/aromatic N) is 4. The van der Waals surface area contributed by atoms with Crippen molar-refractivity contribution in [2.24, 2.45) is 23.7 Å². The van der Waals surface area contributed by atoms with E-state index in [0.29, 0.717) is 54.2 Å². The number of aromatic amines is 2. The Labute approximate surface area is 395 Å². The number of imidazole rings is 2. The Morgan fingerprint density at radius 2 is 1.06 bits per heavy atom. The molecular formula is C50H61ClN8O8. The summed E-state index contributed by atoms with van der Waals surface area (Å²) in [6.07, 6.45) is 6.68. The van der Waals surface area contributed by atoms with Crippen molar-refractivity contribution in [3.63, 3.8) is 0 Å². The van der Waals surface area contributed by atoms with E-state index in [1.54, 1.807) is 0 Å². The van der Waals surface area contributed by atoms with E-state index in [0.717, 1.165) is 59.5 Å². The molecule has 0 radical (unpaired) electrons. The maximum atomic E-state index is 14.5. The molecule has 4 aliphatic heterocycles. The molecule has 2 saturated carbocycles. The Kier molecular flexibility index (Phi) is 12.3. The fourth-order valence-corrected chi connectivity index (χ4v) is 12.2. The van der Waals surface area contributed by atoms with Gasteiger partial charge in [0.2, 0.25) is 11.8 Å². The summed E-state index contributed by atoms with van der Waals surface area (Å²) in [6.45, 7) is 8.03. The predicted molar refractivity (Wildman–Crippen MR) is 248 cm³/mol. The number of carbonyl (C=O) groups excluding carboxylic acids is 4. The van der Waals surface area contributed by atoms with Gasteiger partial charge in [0.1, 0.15) is 34.6 Å². The van der Waals surface area contributed by atoms with Gasteiger partial charge in [0, 0.05) is 29.4 Å². The number of hydrogen-bond acceptors (Lipinski definition) is 10. The molecule has 2 unspecified atom stereocenters. The van der Waals surface area contributed by atoms with Gasteiger partial charge < -0.3 is 49.3 Å². The molecule has 4 aromatic rings. The number of H-pyrrole nitrogens is 2. The lowest BCUT2D eigenvalue weighted by molar-refractivity contribution is -0.140. The summed E-state index contributed by atoms with van der Waals surface area (Å²) in [6, 6.07) is 14.6. The van der Waals surface area contributed by atoms with Gasteiger partial charge in [-0.05, 0) is 114 Å². The highest BCUT2D eigenvalue weighted by molar-refractivity contribution is 6.32. The van der Waals surface area contributed by atoms with Gasteiger partial charge in [-0.15, -0.1) is 0 Å². The molecule has 2 aromatic carbocycles. The van der Waals surface area contributed by atoms with Crippen LogP contribution in [0.25, 0.3) is 33.6 Å². The fraction of sp³-hybridized carbons (Fsp3) is 0.560. The Bertz CT molecular complexity index is 2480.